The monoisotopic (exact) mass is 469 g/mol. The summed E-state index contributed by atoms with van der Waals surface area (Å²) in [5, 5.41) is 13.6. The molecule has 0 N–H and O–H groups in total. The van der Waals surface area contributed by atoms with Crippen molar-refractivity contribution in [3.8, 4) is 23.1 Å². The molecule has 9 heteroatoms. The van der Waals surface area contributed by atoms with E-state index in [1.807, 2.05) is 18.2 Å². The number of ether oxygens (including phenoxy) is 1. The number of nitrogens with zero attached hydrogens (tertiary/aromatic N) is 3. The molecular weight excluding hydrogens is 459 g/mol. The summed E-state index contributed by atoms with van der Waals surface area (Å²) >= 11 is 8.81. The lowest BCUT2D eigenvalue weighted by Crippen LogP contribution is -2.07. The van der Waals surface area contributed by atoms with Gasteiger partial charge in [-0.25, -0.2) is 0 Å². The number of hydrogen-bond donors (Lipinski definition) is 0. The summed E-state index contributed by atoms with van der Waals surface area (Å²) in [7, 11) is 1.39. The van der Waals surface area contributed by atoms with Crippen LogP contribution < -0.4 is 4.74 Å². The zero-order chi connectivity index (χ0) is 20.5. The van der Waals surface area contributed by atoms with E-state index in [4.69, 9.17) is 16.3 Å². The molecule has 1 heterocycles. The van der Waals surface area contributed by atoms with Gasteiger partial charge in [0, 0.05) is 17.6 Å². The second kappa shape index (κ2) is 7.86. The molecule has 1 aromatic heterocycles. The van der Waals surface area contributed by atoms with E-state index in [-0.39, 0.29) is 22.3 Å². The van der Waals surface area contributed by atoms with E-state index in [2.05, 4.69) is 21.0 Å². The molecule has 0 unspecified atom stereocenters. The zero-order valence-electron chi connectivity index (χ0n) is 14.4. The molecule has 28 heavy (non-hydrogen) atoms. The number of aromatic nitrogens is 2. The van der Waals surface area contributed by atoms with Crippen molar-refractivity contribution in [2.75, 3.05) is 0 Å². The molecule has 0 amide bonds. The topological polar surface area (TPSA) is 50.8 Å². The Morgan fingerprint density at radius 1 is 1.21 bits per heavy atom. The van der Waals surface area contributed by atoms with Crippen LogP contribution in [-0.2, 0) is 19.8 Å². The number of benzene rings is 2. The van der Waals surface area contributed by atoms with Gasteiger partial charge in [0.15, 0.2) is 5.69 Å². The molecule has 0 saturated carbocycles. The maximum Gasteiger partial charge on any atom is 0.436 e. The van der Waals surface area contributed by atoms with Crippen LogP contribution in [0.5, 0.6) is 5.75 Å². The molecule has 0 saturated heterocycles. The van der Waals surface area contributed by atoms with E-state index >= 15 is 0 Å². The van der Waals surface area contributed by atoms with E-state index in [1.165, 1.54) is 19.2 Å². The number of hydrogen-bond acceptors (Lipinski definition) is 3. The zero-order valence-corrected chi connectivity index (χ0v) is 16.7. The summed E-state index contributed by atoms with van der Waals surface area (Å²) in [6.45, 7) is 0.259. The van der Waals surface area contributed by atoms with E-state index in [9.17, 15) is 18.4 Å². The highest BCUT2D eigenvalue weighted by molar-refractivity contribution is 9.10. The fraction of sp³-hybridized carbons (Fsp3) is 0.158. The van der Waals surface area contributed by atoms with E-state index < -0.39 is 11.9 Å². The Hall–Kier alpha value is -2.50. The van der Waals surface area contributed by atoms with Crippen LogP contribution in [0.2, 0.25) is 5.02 Å². The SMILES string of the molecule is Cn1nc(C(F)(F)F)c(Br)c1-c1ccc(OCc2ccc(Cl)cc2)cc1C#N. The lowest BCUT2D eigenvalue weighted by atomic mass is 10.0. The predicted molar refractivity (Wildman–Crippen MR) is 102 cm³/mol. The van der Waals surface area contributed by atoms with Gasteiger partial charge in [-0.1, -0.05) is 23.7 Å². The maximum atomic E-state index is 13.1. The Bertz CT molecular complexity index is 1060. The third kappa shape index (κ3) is 4.16. The highest BCUT2D eigenvalue weighted by atomic mass is 79.9. The maximum absolute atomic E-state index is 13.1. The average molecular weight is 471 g/mol. The number of aryl methyl sites for hydroxylation is 1. The molecule has 2 aromatic carbocycles. The van der Waals surface area contributed by atoms with Gasteiger partial charge in [0.2, 0.25) is 0 Å². The van der Waals surface area contributed by atoms with Crippen molar-refractivity contribution in [1.82, 2.24) is 9.78 Å². The Morgan fingerprint density at radius 3 is 2.46 bits per heavy atom. The predicted octanol–water partition coefficient (Wildman–Crippen LogP) is 5.97. The molecule has 0 aliphatic heterocycles. The van der Waals surface area contributed by atoms with Crippen molar-refractivity contribution in [3.05, 3.63) is 68.8 Å². The molecule has 0 aliphatic carbocycles. The lowest BCUT2D eigenvalue weighted by Gasteiger charge is -2.10. The fourth-order valence-corrected chi connectivity index (χ4v) is 3.53. The number of rotatable bonds is 4. The standard InChI is InChI=1S/C19H12BrClF3N3O/c1-27-17(16(20)18(26-27)19(22,23)24)15-7-6-14(8-12(15)9-25)28-10-11-2-4-13(21)5-3-11/h2-8H,10H2,1H3. The molecule has 3 aromatic rings. The first kappa shape index (κ1) is 20.2. The van der Waals surface area contributed by atoms with Crippen molar-refractivity contribution in [2.24, 2.45) is 7.05 Å². The largest absolute Gasteiger partial charge is 0.489 e. The Morgan fingerprint density at radius 2 is 1.89 bits per heavy atom. The Kier molecular flexibility index (Phi) is 5.68. The average Bonchev–Trinajstić information content (AvgIpc) is 2.95. The molecule has 4 nitrogen and oxygen atoms in total. The summed E-state index contributed by atoms with van der Waals surface area (Å²) in [4.78, 5) is 0. The highest BCUT2D eigenvalue weighted by Crippen LogP contribution is 2.40. The summed E-state index contributed by atoms with van der Waals surface area (Å²) in [6, 6.07) is 13.7. The number of alkyl halides is 3. The normalized spacial score (nSPS) is 11.3. The quantitative estimate of drug-likeness (QED) is 0.472. The first-order chi connectivity index (χ1) is 13.2. The Balaban J connectivity index is 1.91. The molecule has 0 spiro atoms. The summed E-state index contributed by atoms with van der Waals surface area (Å²) in [5.41, 5.74) is 0.492. The molecule has 0 radical (unpaired) electrons. The van der Waals surface area contributed by atoms with Gasteiger partial charge in [0.25, 0.3) is 0 Å². The summed E-state index contributed by atoms with van der Waals surface area (Å²) in [6.07, 6.45) is -4.61. The van der Waals surface area contributed by atoms with Gasteiger partial charge in [-0.3, -0.25) is 4.68 Å². The molecule has 0 bridgehead atoms. The van der Waals surface area contributed by atoms with Gasteiger partial charge < -0.3 is 4.74 Å². The molecule has 3 rings (SSSR count). The highest BCUT2D eigenvalue weighted by Gasteiger charge is 2.38. The van der Waals surface area contributed by atoms with Crippen molar-refractivity contribution >= 4 is 27.5 Å². The van der Waals surface area contributed by atoms with E-state index in [1.54, 1.807) is 18.2 Å². The van der Waals surface area contributed by atoms with Gasteiger partial charge in [-0.05, 0) is 51.8 Å². The molecule has 0 atom stereocenters. The molecule has 0 fully saturated rings. The van der Waals surface area contributed by atoms with Crippen molar-refractivity contribution in [1.29, 1.82) is 5.26 Å². The van der Waals surface area contributed by atoms with Crippen LogP contribution in [-0.4, -0.2) is 9.78 Å². The van der Waals surface area contributed by atoms with Crippen molar-refractivity contribution < 1.29 is 17.9 Å². The number of halogens is 5. The van der Waals surface area contributed by atoms with Crippen LogP contribution in [0.4, 0.5) is 13.2 Å². The fourth-order valence-electron chi connectivity index (χ4n) is 2.63. The molecular formula is C19H12BrClF3N3O. The first-order valence-electron chi connectivity index (χ1n) is 7.92. The first-order valence-corrected chi connectivity index (χ1v) is 9.09. The minimum atomic E-state index is -4.61. The minimum Gasteiger partial charge on any atom is -0.489 e. The van der Waals surface area contributed by atoms with Gasteiger partial charge >= 0.3 is 6.18 Å². The smallest absolute Gasteiger partial charge is 0.436 e. The summed E-state index contributed by atoms with van der Waals surface area (Å²) < 4.78 is 45.8. The molecule has 0 aliphatic rings. The minimum absolute atomic E-state index is 0.160. The van der Waals surface area contributed by atoms with E-state index in [0.29, 0.717) is 16.3 Å². The van der Waals surface area contributed by atoms with Crippen LogP contribution in [0.15, 0.2) is 46.9 Å². The Labute approximate surface area is 172 Å². The third-order valence-electron chi connectivity index (χ3n) is 3.94. The van der Waals surface area contributed by atoms with E-state index in [0.717, 1.165) is 10.2 Å². The van der Waals surface area contributed by atoms with Crippen LogP contribution in [0.25, 0.3) is 11.3 Å². The van der Waals surface area contributed by atoms with Gasteiger partial charge in [0.1, 0.15) is 12.4 Å². The molecule has 144 valence electrons. The third-order valence-corrected chi connectivity index (χ3v) is 4.95. The number of nitriles is 1. The van der Waals surface area contributed by atoms with Crippen molar-refractivity contribution in [2.45, 2.75) is 12.8 Å². The van der Waals surface area contributed by atoms with Crippen LogP contribution >= 0.6 is 27.5 Å². The van der Waals surface area contributed by atoms with Crippen LogP contribution in [0.1, 0.15) is 16.8 Å². The van der Waals surface area contributed by atoms with Crippen LogP contribution in [0, 0.1) is 11.3 Å². The van der Waals surface area contributed by atoms with Gasteiger partial charge in [-0.15, -0.1) is 0 Å². The summed E-state index contributed by atoms with van der Waals surface area (Å²) in [5.74, 6) is 0.421. The second-order valence-corrected chi connectivity index (χ2v) is 7.10. The van der Waals surface area contributed by atoms with Gasteiger partial charge in [-0.2, -0.15) is 23.5 Å². The van der Waals surface area contributed by atoms with Crippen LogP contribution in [0.3, 0.4) is 0 Å². The second-order valence-electron chi connectivity index (χ2n) is 5.87. The van der Waals surface area contributed by atoms with Gasteiger partial charge in [0.05, 0.1) is 21.8 Å². The lowest BCUT2D eigenvalue weighted by molar-refractivity contribution is -0.142. The van der Waals surface area contributed by atoms with Crippen molar-refractivity contribution in [3.63, 3.8) is 0 Å².